The van der Waals surface area contributed by atoms with Crippen LogP contribution >= 0.6 is 0 Å². The van der Waals surface area contributed by atoms with Gasteiger partial charge in [0.1, 0.15) is 12.6 Å². The molecule has 6 heteroatoms. The summed E-state index contributed by atoms with van der Waals surface area (Å²) in [6.45, 7) is 4.05. The number of hydrogen-bond acceptors (Lipinski definition) is 4. The van der Waals surface area contributed by atoms with Crippen molar-refractivity contribution in [1.82, 2.24) is 5.32 Å². The highest BCUT2D eigenvalue weighted by atomic mass is 16.5. The normalized spacial score (nSPS) is 13.1. The summed E-state index contributed by atoms with van der Waals surface area (Å²) in [5, 5.41) is 11.1. The third-order valence-electron chi connectivity index (χ3n) is 8.22. The fourth-order valence-electron chi connectivity index (χ4n) is 5.23. The average molecular weight is 720 g/mol. The minimum absolute atomic E-state index is 0.144. The molecule has 0 heterocycles. The molecule has 292 valence electrons. The topological polar surface area (TPSA) is 92.7 Å². The molecule has 0 spiro atoms. The number of unbranched alkanes of at least 4 members (excludes halogenated alkanes) is 10. The molecule has 0 aliphatic carbocycles. The number of allylic oxidation sites excluding steroid dienone is 15. The molecule has 0 saturated carbocycles. The molecule has 0 rings (SSSR count). The predicted octanol–water partition coefficient (Wildman–Crippen LogP) is 12.6. The summed E-state index contributed by atoms with van der Waals surface area (Å²) < 4.78 is 5.86. The number of carboxylic acids is 1. The molecule has 0 saturated heterocycles. The maximum atomic E-state index is 12.6. The van der Waals surface area contributed by atoms with Gasteiger partial charge in [-0.15, -0.1) is 0 Å². The van der Waals surface area contributed by atoms with Crippen molar-refractivity contribution in [2.45, 2.75) is 168 Å². The first-order chi connectivity index (χ1) is 25.5. The van der Waals surface area contributed by atoms with E-state index >= 15 is 0 Å². The van der Waals surface area contributed by atoms with Gasteiger partial charge in [0.2, 0.25) is 5.91 Å². The summed E-state index contributed by atoms with van der Waals surface area (Å²) in [5.41, 5.74) is 0. The number of carbonyl (C=O) groups excluding carboxylic acids is 2. The zero-order valence-electron chi connectivity index (χ0n) is 32.9. The highest BCUT2D eigenvalue weighted by molar-refractivity contribution is 5.80. The van der Waals surface area contributed by atoms with Crippen LogP contribution in [0.5, 0.6) is 0 Å². The quantitative estimate of drug-likeness (QED) is 0.0386. The lowest BCUT2D eigenvalue weighted by molar-refractivity contribution is -0.147. The van der Waals surface area contributed by atoms with Crippen molar-refractivity contribution < 1.29 is 24.2 Å². The van der Waals surface area contributed by atoms with Crippen molar-refractivity contribution in [3.8, 4) is 0 Å². The second kappa shape index (κ2) is 40.1. The SMILES string of the molecule is CC/C=C\C/C=C\C/C=C\C/C=C\C/C=C\C/C=C\C/C=C\CCCC(=O)OC(/C=C\CCCCCCCC)CCCCCCC(=O)NCC(=O)O. The molecule has 0 aromatic carbocycles. The minimum atomic E-state index is -1.04. The van der Waals surface area contributed by atoms with E-state index in [1.54, 1.807) is 0 Å². The van der Waals surface area contributed by atoms with Gasteiger partial charge < -0.3 is 15.2 Å². The van der Waals surface area contributed by atoms with Crippen molar-refractivity contribution in [1.29, 1.82) is 0 Å². The van der Waals surface area contributed by atoms with E-state index in [-0.39, 0.29) is 24.5 Å². The van der Waals surface area contributed by atoms with Gasteiger partial charge >= 0.3 is 11.9 Å². The lowest BCUT2D eigenvalue weighted by Gasteiger charge is -2.14. The molecule has 0 aliphatic rings. The van der Waals surface area contributed by atoms with Gasteiger partial charge in [0.05, 0.1) is 0 Å². The van der Waals surface area contributed by atoms with Crippen molar-refractivity contribution in [3.05, 3.63) is 97.2 Å². The highest BCUT2D eigenvalue weighted by Gasteiger charge is 2.11. The number of hydrogen-bond donors (Lipinski definition) is 2. The van der Waals surface area contributed by atoms with Crippen LogP contribution in [-0.4, -0.2) is 35.6 Å². The maximum absolute atomic E-state index is 12.6. The number of nitrogens with one attached hydrogen (secondary N) is 1. The maximum Gasteiger partial charge on any atom is 0.322 e. The van der Waals surface area contributed by atoms with Crippen LogP contribution in [0, 0.1) is 0 Å². The molecule has 0 bridgehead atoms. The summed E-state index contributed by atoms with van der Waals surface area (Å²) >= 11 is 0. The number of ether oxygens (including phenoxy) is 1. The lowest BCUT2D eigenvalue weighted by Crippen LogP contribution is -2.28. The molecule has 1 amide bonds. The number of aliphatic carboxylic acids is 1. The molecule has 1 unspecified atom stereocenters. The Kier molecular flexibility index (Phi) is 37.3. The van der Waals surface area contributed by atoms with Gasteiger partial charge in [-0.1, -0.05) is 150 Å². The van der Waals surface area contributed by atoms with Gasteiger partial charge in [0.15, 0.2) is 0 Å². The Hall–Kier alpha value is -3.67. The summed E-state index contributed by atoms with van der Waals surface area (Å²) in [4.78, 5) is 34.9. The zero-order chi connectivity index (χ0) is 38.0. The molecule has 0 radical (unpaired) electrons. The molecule has 1 atom stereocenters. The van der Waals surface area contributed by atoms with E-state index < -0.39 is 5.97 Å². The smallest absolute Gasteiger partial charge is 0.322 e. The van der Waals surface area contributed by atoms with Crippen LogP contribution in [-0.2, 0) is 19.1 Å². The first kappa shape index (κ1) is 48.3. The van der Waals surface area contributed by atoms with Gasteiger partial charge in [-0.2, -0.15) is 0 Å². The molecule has 0 aromatic heterocycles. The Morgan fingerprint density at radius 2 is 1.02 bits per heavy atom. The third kappa shape index (κ3) is 39.1. The first-order valence-electron chi connectivity index (χ1n) is 20.4. The van der Waals surface area contributed by atoms with E-state index in [0.29, 0.717) is 12.8 Å². The Morgan fingerprint density at radius 1 is 0.538 bits per heavy atom. The third-order valence-corrected chi connectivity index (χ3v) is 8.22. The molecule has 0 aromatic rings. The molecular formula is C46H73NO5. The molecule has 0 fully saturated rings. The van der Waals surface area contributed by atoms with E-state index in [9.17, 15) is 14.4 Å². The number of carboxylic acid groups (broad SMARTS) is 1. The van der Waals surface area contributed by atoms with Gasteiger partial charge in [0.25, 0.3) is 0 Å². The van der Waals surface area contributed by atoms with E-state index in [2.05, 4.69) is 116 Å². The summed E-state index contributed by atoms with van der Waals surface area (Å²) in [5.74, 6) is -1.41. The molecule has 52 heavy (non-hydrogen) atoms. The second-order valence-corrected chi connectivity index (χ2v) is 13.2. The standard InChI is InChI=1S/C46H73NO5/c1-3-5-7-9-11-13-14-15-16-17-18-19-20-21-22-23-24-25-26-27-29-31-37-41-46(51)52-43(38-34-30-28-12-10-8-6-4-2)39-35-32-33-36-40-44(48)47-42-45(49)50/h5,7,11,13,15-16,18-19,21-22,24-25,27,29,34,38,43H,3-4,6,8-10,12,14,17,20,23,26,28,30-33,35-37,39-42H2,1-2H3,(H,47,48)(H,49,50)/b7-5-,13-11-,16-15-,19-18-,22-21-,25-24-,29-27-,38-34-. The van der Waals surface area contributed by atoms with Crippen LogP contribution in [0.1, 0.15) is 162 Å². The van der Waals surface area contributed by atoms with Gasteiger partial charge in [-0.05, 0) is 96.0 Å². The van der Waals surface area contributed by atoms with Gasteiger partial charge in [-0.25, -0.2) is 0 Å². The predicted molar refractivity (Wildman–Crippen MR) is 221 cm³/mol. The fraction of sp³-hybridized carbons (Fsp3) is 0.587. The van der Waals surface area contributed by atoms with Crippen LogP contribution in [0.2, 0.25) is 0 Å². The highest BCUT2D eigenvalue weighted by Crippen LogP contribution is 2.14. The van der Waals surface area contributed by atoms with Gasteiger partial charge in [-0.3, -0.25) is 14.4 Å². The zero-order valence-corrected chi connectivity index (χ0v) is 32.9. The fourth-order valence-corrected chi connectivity index (χ4v) is 5.23. The number of carbonyl (C=O) groups is 3. The number of rotatable bonds is 35. The molecular weight excluding hydrogens is 647 g/mol. The van der Waals surface area contributed by atoms with Crippen LogP contribution < -0.4 is 5.32 Å². The van der Waals surface area contributed by atoms with E-state index in [4.69, 9.17) is 9.84 Å². The minimum Gasteiger partial charge on any atom is -0.480 e. The van der Waals surface area contributed by atoms with E-state index in [1.165, 1.54) is 32.1 Å². The van der Waals surface area contributed by atoms with Crippen LogP contribution in [0.25, 0.3) is 0 Å². The summed E-state index contributed by atoms with van der Waals surface area (Å²) in [6, 6.07) is 0. The Labute approximate surface area is 318 Å². The molecule has 2 N–H and O–H groups in total. The molecule has 0 aliphatic heterocycles. The first-order valence-corrected chi connectivity index (χ1v) is 20.4. The molecule has 6 nitrogen and oxygen atoms in total. The number of amides is 1. The van der Waals surface area contributed by atoms with Crippen molar-refractivity contribution in [3.63, 3.8) is 0 Å². The largest absolute Gasteiger partial charge is 0.480 e. The van der Waals surface area contributed by atoms with E-state index in [1.807, 2.05) is 0 Å². The van der Waals surface area contributed by atoms with Crippen molar-refractivity contribution in [2.75, 3.05) is 6.54 Å². The second-order valence-electron chi connectivity index (χ2n) is 13.2. The lowest BCUT2D eigenvalue weighted by atomic mass is 10.1. The monoisotopic (exact) mass is 720 g/mol. The van der Waals surface area contributed by atoms with Gasteiger partial charge in [0, 0.05) is 12.8 Å². The summed E-state index contributed by atoms with van der Waals surface area (Å²) in [7, 11) is 0. The Morgan fingerprint density at radius 3 is 1.58 bits per heavy atom. The van der Waals surface area contributed by atoms with Crippen LogP contribution in [0.3, 0.4) is 0 Å². The van der Waals surface area contributed by atoms with Crippen molar-refractivity contribution >= 4 is 17.8 Å². The van der Waals surface area contributed by atoms with Crippen molar-refractivity contribution in [2.24, 2.45) is 0 Å². The average Bonchev–Trinajstić information content (AvgIpc) is 3.13. The Bertz CT molecular complexity index is 1110. The van der Waals surface area contributed by atoms with Crippen LogP contribution in [0.4, 0.5) is 0 Å². The Balaban J connectivity index is 4.22. The van der Waals surface area contributed by atoms with Crippen LogP contribution in [0.15, 0.2) is 97.2 Å². The number of esters is 1. The summed E-state index contributed by atoms with van der Waals surface area (Å²) in [6.07, 6.45) is 56.9. The van der Waals surface area contributed by atoms with E-state index in [0.717, 1.165) is 103 Å².